The predicted molar refractivity (Wildman–Crippen MR) is 52.9 cm³/mol. The molecule has 0 aromatic carbocycles. The number of unbranched alkanes of at least 4 members (excludes halogenated alkanes) is 1. The molecule has 1 rings (SSSR count). The van der Waals surface area contributed by atoms with Crippen LogP contribution in [0.2, 0.25) is 0 Å². The molecule has 0 saturated carbocycles. The molecule has 80 valence electrons. The molecule has 14 heavy (non-hydrogen) atoms. The number of rotatable bonds is 6. The summed E-state index contributed by atoms with van der Waals surface area (Å²) in [5.41, 5.74) is 0. The van der Waals surface area contributed by atoms with E-state index in [0.29, 0.717) is 18.7 Å². The van der Waals surface area contributed by atoms with E-state index in [2.05, 4.69) is 17.1 Å². The van der Waals surface area contributed by atoms with Gasteiger partial charge < -0.3 is 9.63 Å². The maximum Gasteiger partial charge on any atom is 0.229 e. The Morgan fingerprint density at radius 1 is 1.43 bits per heavy atom. The third-order valence-electron chi connectivity index (χ3n) is 2.15. The molecule has 1 unspecified atom stereocenters. The highest BCUT2D eigenvalue weighted by atomic mass is 16.5. The molecule has 4 heteroatoms. The number of aliphatic hydroxyl groups excluding tert-OH is 1. The van der Waals surface area contributed by atoms with Gasteiger partial charge in [0.25, 0.3) is 0 Å². The van der Waals surface area contributed by atoms with Crippen LogP contribution in [0.4, 0.5) is 0 Å². The SMILES string of the molecule is CCCCc1noc(CC(O)CC)n1. The van der Waals surface area contributed by atoms with Crippen LogP contribution >= 0.6 is 0 Å². The molecule has 0 spiro atoms. The van der Waals surface area contributed by atoms with Crippen molar-refractivity contribution in [1.29, 1.82) is 0 Å². The van der Waals surface area contributed by atoms with E-state index < -0.39 is 0 Å². The molecule has 1 atom stereocenters. The van der Waals surface area contributed by atoms with Gasteiger partial charge in [-0.05, 0) is 12.8 Å². The first-order valence-corrected chi connectivity index (χ1v) is 5.25. The van der Waals surface area contributed by atoms with E-state index in [0.717, 1.165) is 25.1 Å². The maximum absolute atomic E-state index is 9.37. The van der Waals surface area contributed by atoms with E-state index in [-0.39, 0.29) is 6.10 Å². The number of aromatic nitrogens is 2. The molecule has 4 nitrogen and oxygen atoms in total. The fourth-order valence-corrected chi connectivity index (χ4v) is 1.16. The van der Waals surface area contributed by atoms with Crippen molar-refractivity contribution in [2.45, 2.75) is 52.1 Å². The second-order valence-corrected chi connectivity index (χ2v) is 3.47. The summed E-state index contributed by atoms with van der Waals surface area (Å²) in [6.45, 7) is 4.06. The standard InChI is InChI=1S/C10H18N2O2/c1-3-5-6-9-11-10(14-12-9)7-8(13)4-2/h8,13H,3-7H2,1-2H3. The van der Waals surface area contributed by atoms with Gasteiger partial charge in [0.15, 0.2) is 5.82 Å². The fraction of sp³-hybridized carbons (Fsp3) is 0.800. The van der Waals surface area contributed by atoms with Crippen molar-refractivity contribution >= 4 is 0 Å². The number of hydrogen-bond donors (Lipinski definition) is 1. The Labute approximate surface area is 84.3 Å². The Balaban J connectivity index is 2.42. The lowest BCUT2D eigenvalue weighted by Gasteiger charge is -2.01. The van der Waals surface area contributed by atoms with Gasteiger partial charge in [0.2, 0.25) is 5.89 Å². The number of hydrogen-bond acceptors (Lipinski definition) is 4. The van der Waals surface area contributed by atoms with Crippen LogP contribution in [0.15, 0.2) is 4.52 Å². The van der Waals surface area contributed by atoms with Gasteiger partial charge in [0.1, 0.15) is 0 Å². The second-order valence-electron chi connectivity index (χ2n) is 3.47. The summed E-state index contributed by atoms with van der Waals surface area (Å²) in [6.07, 6.45) is 3.89. The highest BCUT2D eigenvalue weighted by Gasteiger charge is 2.10. The van der Waals surface area contributed by atoms with Crippen molar-refractivity contribution in [3.63, 3.8) is 0 Å². The number of aryl methyl sites for hydroxylation is 1. The smallest absolute Gasteiger partial charge is 0.229 e. The van der Waals surface area contributed by atoms with Crippen molar-refractivity contribution in [3.05, 3.63) is 11.7 Å². The van der Waals surface area contributed by atoms with Crippen molar-refractivity contribution in [1.82, 2.24) is 10.1 Å². The monoisotopic (exact) mass is 198 g/mol. The molecule has 0 radical (unpaired) electrons. The molecule has 1 aromatic heterocycles. The Morgan fingerprint density at radius 3 is 2.86 bits per heavy atom. The molecular weight excluding hydrogens is 180 g/mol. The molecular formula is C10H18N2O2. The van der Waals surface area contributed by atoms with Gasteiger partial charge in [0, 0.05) is 6.42 Å². The van der Waals surface area contributed by atoms with Gasteiger partial charge in [-0.15, -0.1) is 0 Å². The number of nitrogens with zero attached hydrogens (tertiary/aromatic N) is 2. The Morgan fingerprint density at radius 2 is 2.21 bits per heavy atom. The lowest BCUT2D eigenvalue weighted by atomic mass is 10.2. The van der Waals surface area contributed by atoms with Gasteiger partial charge in [0.05, 0.1) is 12.5 Å². The lowest BCUT2D eigenvalue weighted by Crippen LogP contribution is -2.08. The average Bonchev–Trinajstić information content (AvgIpc) is 2.62. The zero-order valence-electron chi connectivity index (χ0n) is 8.86. The van der Waals surface area contributed by atoms with Gasteiger partial charge in [-0.2, -0.15) is 4.98 Å². The Kier molecular flexibility index (Phi) is 4.59. The van der Waals surface area contributed by atoms with Crippen molar-refractivity contribution < 1.29 is 9.63 Å². The van der Waals surface area contributed by atoms with E-state index in [1.165, 1.54) is 0 Å². The average molecular weight is 198 g/mol. The first-order valence-electron chi connectivity index (χ1n) is 5.25. The van der Waals surface area contributed by atoms with E-state index >= 15 is 0 Å². The highest BCUT2D eigenvalue weighted by Crippen LogP contribution is 2.05. The largest absolute Gasteiger partial charge is 0.393 e. The van der Waals surface area contributed by atoms with Crippen LogP contribution in [-0.2, 0) is 12.8 Å². The third kappa shape index (κ3) is 3.46. The van der Waals surface area contributed by atoms with E-state index in [1.807, 2.05) is 6.92 Å². The number of aliphatic hydroxyl groups is 1. The molecule has 1 N–H and O–H groups in total. The van der Waals surface area contributed by atoms with Crippen LogP contribution in [0.1, 0.15) is 44.8 Å². The second kappa shape index (κ2) is 5.75. The van der Waals surface area contributed by atoms with Gasteiger partial charge in [-0.1, -0.05) is 25.4 Å². The molecule has 0 aliphatic carbocycles. The van der Waals surface area contributed by atoms with E-state index in [1.54, 1.807) is 0 Å². The summed E-state index contributed by atoms with van der Waals surface area (Å²) < 4.78 is 5.01. The quantitative estimate of drug-likeness (QED) is 0.756. The third-order valence-corrected chi connectivity index (χ3v) is 2.15. The minimum atomic E-state index is -0.366. The van der Waals surface area contributed by atoms with Crippen LogP contribution in [0.5, 0.6) is 0 Å². The van der Waals surface area contributed by atoms with Crippen LogP contribution in [0, 0.1) is 0 Å². The summed E-state index contributed by atoms with van der Waals surface area (Å²) >= 11 is 0. The molecule has 1 heterocycles. The highest BCUT2D eigenvalue weighted by molar-refractivity contribution is 4.88. The van der Waals surface area contributed by atoms with E-state index in [9.17, 15) is 5.11 Å². The van der Waals surface area contributed by atoms with E-state index in [4.69, 9.17) is 4.52 Å². The molecule has 1 aromatic rings. The molecule has 0 aliphatic rings. The minimum Gasteiger partial charge on any atom is -0.393 e. The van der Waals surface area contributed by atoms with Crippen molar-refractivity contribution in [2.75, 3.05) is 0 Å². The zero-order valence-corrected chi connectivity index (χ0v) is 8.86. The molecule has 0 amide bonds. The fourth-order valence-electron chi connectivity index (χ4n) is 1.16. The summed E-state index contributed by atoms with van der Waals surface area (Å²) in [4.78, 5) is 4.20. The molecule has 0 saturated heterocycles. The molecule has 0 fully saturated rings. The Bertz CT molecular complexity index is 260. The van der Waals surface area contributed by atoms with Gasteiger partial charge >= 0.3 is 0 Å². The summed E-state index contributed by atoms with van der Waals surface area (Å²) in [7, 11) is 0. The normalized spacial score (nSPS) is 13.1. The van der Waals surface area contributed by atoms with Crippen LogP contribution in [0.3, 0.4) is 0 Å². The van der Waals surface area contributed by atoms with Crippen molar-refractivity contribution in [2.24, 2.45) is 0 Å². The summed E-state index contributed by atoms with van der Waals surface area (Å²) in [5.74, 6) is 1.30. The van der Waals surface area contributed by atoms with Crippen LogP contribution < -0.4 is 0 Å². The first kappa shape index (κ1) is 11.2. The minimum absolute atomic E-state index is 0.366. The van der Waals surface area contributed by atoms with Crippen molar-refractivity contribution in [3.8, 4) is 0 Å². The lowest BCUT2D eigenvalue weighted by molar-refractivity contribution is 0.158. The summed E-state index contributed by atoms with van der Waals surface area (Å²) in [6, 6.07) is 0. The first-order chi connectivity index (χ1) is 6.76. The van der Waals surface area contributed by atoms with Gasteiger partial charge in [-0.25, -0.2) is 0 Å². The summed E-state index contributed by atoms with van der Waals surface area (Å²) in [5, 5.41) is 13.2. The molecule has 0 bridgehead atoms. The van der Waals surface area contributed by atoms with Crippen LogP contribution in [0.25, 0.3) is 0 Å². The zero-order chi connectivity index (χ0) is 10.4. The Hall–Kier alpha value is -0.900. The van der Waals surface area contributed by atoms with Crippen LogP contribution in [-0.4, -0.2) is 21.4 Å². The van der Waals surface area contributed by atoms with Gasteiger partial charge in [-0.3, -0.25) is 0 Å². The topological polar surface area (TPSA) is 59.2 Å². The maximum atomic E-state index is 9.37. The predicted octanol–water partition coefficient (Wildman–Crippen LogP) is 1.73. The molecule has 0 aliphatic heterocycles.